The molecule has 0 saturated heterocycles. The number of nitro benzene ring substituents is 1. The fourth-order valence-corrected chi connectivity index (χ4v) is 5.73. The van der Waals surface area contributed by atoms with Gasteiger partial charge in [-0.05, 0) is 43.0 Å². The van der Waals surface area contributed by atoms with Crippen molar-refractivity contribution in [3.8, 4) is 5.69 Å². The Hall–Kier alpha value is -3.89. The SMILES string of the molecule is CCSc1nnc(NC(=O)CSc2nnc(CNC(=O)c3ccc(C)c([N+](=O)[O-])c3)n2-c2ccc(F)cc2)s1. The molecule has 0 saturated carbocycles. The van der Waals surface area contributed by atoms with Crippen molar-refractivity contribution in [2.45, 2.75) is 29.9 Å². The van der Waals surface area contributed by atoms with Crippen molar-refractivity contribution in [2.75, 3.05) is 16.8 Å². The van der Waals surface area contributed by atoms with Crippen LogP contribution in [0.2, 0.25) is 0 Å². The van der Waals surface area contributed by atoms with E-state index < -0.39 is 16.6 Å². The lowest BCUT2D eigenvalue weighted by Gasteiger charge is -2.11. The summed E-state index contributed by atoms with van der Waals surface area (Å²) in [4.78, 5) is 35.9. The summed E-state index contributed by atoms with van der Waals surface area (Å²) in [6.07, 6.45) is 0. The van der Waals surface area contributed by atoms with Gasteiger partial charge in [-0.3, -0.25) is 29.6 Å². The maximum atomic E-state index is 13.6. The second kappa shape index (κ2) is 12.8. The van der Waals surface area contributed by atoms with E-state index in [9.17, 15) is 24.1 Å². The number of amides is 2. The number of hydrogen-bond acceptors (Lipinski definition) is 11. The Morgan fingerprint density at radius 3 is 2.59 bits per heavy atom. The van der Waals surface area contributed by atoms with Crippen molar-refractivity contribution in [3.05, 3.63) is 75.3 Å². The minimum Gasteiger partial charge on any atom is -0.345 e. The monoisotopic (exact) mass is 588 g/mol. The number of carbonyl (C=O) groups is 2. The highest BCUT2D eigenvalue weighted by Crippen LogP contribution is 2.26. The topological polar surface area (TPSA) is 158 Å². The second-order valence-corrected chi connectivity index (χ2v) is 11.2. The molecule has 2 N–H and O–H groups in total. The molecule has 2 amide bonds. The van der Waals surface area contributed by atoms with E-state index in [-0.39, 0.29) is 29.5 Å². The first-order valence-corrected chi connectivity index (χ1v) is 14.2. The van der Waals surface area contributed by atoms with Crippen LogP contribution in [-0.4, -0.2) is 53.2 Å². The van der Waals surface area contributed by atoms with Gasteiger partial charge in [-0.15, -0.1) is 20.4 Å². The minimum atomic E-state index is -0.551. The summed E-state index contributed by atoms with van der Waals surface area (Å²) in [6.45, 7) is 3.49. The molecule has 0 bridgehead atoms. The molecule has 4 aromatic rings. The fourth-order valence-electron chi connectivity index (χ4n) is 3.29. The van der Waals surface area contributed by atoms with Crippen molar-refractivity contribution in [3.63, 3.8) is 0 Å². The average molecular weight is 589 g/mol. The minimum absolute atomic E-state index is 0.0193. The molecular formula is C23H21FN8O4S3. The fraction of sp³-hybridized carbons (Fsp3) is 0.217. The number of rotatable bonds is 11. The Kier molecular flexibility index (Phi) is 9.21. The van der Waals surface area contributed by atoms with E-state index in [2.05, 4.69) is 31.0 Å². The van der Waals surface area contributed by atoms with E-state index in [0.717, 1.165) is 21.9 Å². The molecule has 0 fully saturated rings. The summed E-state index contributed by atoms with van der Waals surface area (Å²) < 4.78 is 15.9. The van der Waals surface area contributed by atoms with Gasteiger partial charge in [0, 0.05) is 22.9 Å². The van der Waals surface area contributed by atoms with E-state index >= 15 is 0 Å². The Bertz CT molecular complexity index is 1510. The Morgan fingerprint density at radius 1 is 1.10 bits per heavy atom. The van der Waals surface area contributed by atoms with Crippen molar-refractivity contribution in [1.29, 1.82) is 0 Å². The zero-order chi connectivity index (χ0) is 27.9. The van der Waals surface area contributed by atoms with Crippen LogP contribution < -0.4 is 10.6 Å². The predicted molar refractivity (Wildman–Crippen MR) is 146 cm³/mol. The van der Waals surface area contributed by atoms with Gasteiger partial charge in [0.25, 0.3) is 11.6 Å². The molecule has 4 rings (SSSR count). The van der Waals surface area contributed by atoms with Crippen LogP contribution in [0.1, 0.15) is 28.7 Å². The maximum absolute atomic E-state index is 13.6. The highest BCUT2D eigenvalue weighted by Gasteiger charge is 2.19. The molecule has 0 unspecified atom stereocenters. The Morgan fingerprint density at radius 2 is 1.87 bits per heavy atom. The quantitative estimate of drug-likeness (QED) is 0.112. The summed E-state index contributed by atoms with van der Waals surface area (Å²) in [7, 11) is 0. The number of thioether (sulfide) groups is 2. The third kappa shape index (κ3) is 7.15. The van der Waals surface area contributed by atoms with Crippen LogP contribution >= 0.6 is 34.9 Å². The van der Waals surface area contributed by atoms with Crippen LogP contribution in [-0.2, 0) is 11.3 Å². The second-order valence-electron chi connectivity index (χ2n) is 7.79. The van der Waals surface area contributed by atoms with Gasteiger partial charge in [-0.2, -0.15) is 0 Å². The third-order valence-corrected chi connectivity index (χ3v) is 7.90. The number of carbonyl (C=O) groups excluding carboxylic acids is 2. The standard InChI is InChI=1S/C23H21FN8O4S3/c1-3-37-23-30-28-21(39-23)26-19(33)12-38-22-29-27-18(31(22)16-8-6-15(24)7-9-16)11-25-20(34)14-5-4-13(2)17(10-14)32(35)36/h4-10H,3,11-12H2,1-2H3,(H,25,34)(H,26,28,33). The number of hydrogen-bond donors (Lipinski definition) is 2. The Balaban J connectivity index is 1.49. The van der Waals surface area contributed by atoms with Gasteiger partial charge < -0.3 is 5.32 Å². The number of nitrogens with zero attached hydrogens (tertiary/aromatic N) is 6. The molecule has 0 aliphatic heterocycles. The van der Waals surface area contributed by atoms with Gasteiger partial charge in [-0.25, -0.2) is 4.39 Å². The molecule has 0 radical (unpaired) electrons. The van der Waals surface area contributed by atoms with E-state index in [4.69, 9.17) is 0 Å². The number of benzene rings is 2. The Labute approximate surface area is 234 Å². The number of nitrogens with one attached hydrogen (secondary N) is 2. The first-order valence-electron chi connectivity index (χ1n) is 11.4. The highest BCUT2D eigenvalue weighted by atomic mass is 32.2. The molecule has 0 aliphatic rings. The van der Waals surface area contributed by atoms with Gasteiger partial charge in [-0.1, -0.05) is 47.9 Å². The third-order valence-electron chi connectivity index (χ3n) is 5.11. The van der Waals surface area contributed by atoms with Crippen LogP contribution in [0.15, 0.2) is 52.0 Å². The average Bonchev–Trinajstić information content (AvgIpc) is 3.53. The summed E-state index contributed by atoms with van der Waals surface area (Å²) in [5.41, 5.74) is 0.904. The molecule has 12 nitrogen and oxygen atoms in total. The van der Waals surface area contributed by atoms with E-state index in [1.165, 1.54) is 65.6 Å². The molecular weight excluding hydrogens is 568 g/mol. The molecule has 2 aromatic heterocycles. The molecule has 0 atom stereocenters. The summed E-state index contributed by atoms with van der Waals surface area (Å²) in [5, 5.41) is 33.6. The summed E-state index contributed by atoms with van der Waals surface area (Å²) in [6, 6.07) is 9.77. The van der Waals surface area contributed by atoms with Crippen molar-refractivity contribution in [1.82, 2.24) is 30.3 Å². The largest absolute Gasteiger partial charge is 0.345 e. The molecule has 39 heavy (non-hydrogen) atoms. The number of aromatic nitrogens is 5. The number of halogens is 1. The normalized spacial score (nSPS) is 10.8. The van der Waals surface area contributed by atoms with Crippen LogP contribution in [0.25, 0.3) is 5.69 Å². The van der Waals surface area contributed by atoms with Crippen LogP contribution in [0.5, 0.6) is 0 Å². The van der Waals surface area contributed by atoms with Crippen LogP contribution in [0.4, 0.5) is 15.2 Å². The molecule has 2 heterocycles. The van der Waals surface area contributed by atoms with E-state index in [1.54, 1.807) is 11.5 Å². The lowest BCUT2D eigenvalue weighted by atomic mass is 10.1. The molecule has 16 heteroatoms. The first kappa shape index (κ1) is 28.1. The van der Waals surface area contributed by atoms with Gasteiger partial charge in [0.1, 0.15) is 5.82 Å². The first-order chi connectivity index (χ1) is 18.7. The van der Waals surface area contributed by atoms with Crippen molar-refractivity contribution in [2.24, 2.45) is 0 Å². The van der Waals surface area contributed by atoms with E-state index in [1.807, 2.05) is 6.92 Å². The molecule has 0 aliphatic carbocycles. The molecule has 0 spiro atoms. The van der Waals surface area contributed by atoms with Crippen LogP contribution in [0, 0.1) is 22.9 Å². The van der Waals surface area contributed by atoms with Crippen molar-refractivity contribution < 1.29 is 18.9 Å². The van der Waals surface area contributed by atoms with E-state index in [0.29, 0.717) is 27.4 Å². The zero-order valence-corrected chi connectivity index (χ0v) is 23.0. The van der Waals surface area contributed by atoms with Crippen LogP contribution in [0.3, 0.4) is 0 Å². The lowest BCUT2D eigenvalue weighted by molar-refractivity contribution is -0.385. The van der Waals surface area contributed by atoms with Gasteiger partial charge in [0.2, 0.25) is 11.0 Å². The molecule has 2 aromatic carbocycles. The number of aryl methyl sites for hydroxylation is 1. The van der Waals surface area contributed by atoms with Gasteiger partial charge >= 0.3 is 0 Å². The van der Waals surface area contributed by atoms with Crippen molar-refractivity contribution >= 4 is 57.5 Å². The number of nitro groups is 1. The zero-order valence-electron chi connectivity index (χ0n) is 20.6. The number of anilines is 1. The molecule has 202 valence electrons. The van der Waals surface area contributed by atoms with Gasteiger partial charge in [0.15, 0.2) is 15.3 Å². The summed E-state index contributed by atoms with van der Waals surface area (Å²) >= 11 is 3.90. The smallest absolute Gasteiger partial charge is 0.273 e. The predicted octanol–water partition coefficient (Wildman–Crippen LogP) is 4.25. The maximum Gasteiger partial charge on any atom is 0.273 e. The highest BCUT2D eigenvalue weighted by molar-refractivity contribution is 8.01. The summed E-state index contributed by atoms with van der Waals surface area (Å²) in [5.74, 6) is -0.176. The van der Waals surface area contributed by atoms with Gasteiger partial charge in [0.05, 0.1) is 17.2 Å². The lowest BCUT2D eigenvalue weighted by Crippen LogP contribution is -2.25.